The number of anilines is 2. The highest BCUT2D eigenvalue weighted by Gasteiger charge is 2.10. The molecule has 166 valence electrons. The van der Waals surface area contributed by atoms with Gasteiger partial charge < -0.3 is 15.4 Å². The molecule has 0 saturated heterocycles. The number of carbonyl (C=O) groups excluding carboxylic acids is 2. The third-order valence-corrected chi connectivity index (χ3v) is 5.12. The summed E-state index contributed by atoms with van der Waals surface area (Å²) < 4.78 is 5.55. The van der Waals surface area contributed by atoms with Crippen LogP contribution in [0.25, 0.3) is 6.08 Å². The number of hydrogen-bond acceptors (Lipinski definition) is 4. The number of carbonyl (C=O) groups is 2. The van der Waals surface area contributed by atoms with E-state index < -0.39 is 5.91 Å². The van der Waals surface area contributed by atoms with Gasteiger partial charge in [0.25, 0.3) is 11.8 Å². The van der Waals surface area contributed by atoms with E-state index in [1.807, 2.05) is 19.1 Å². The van der Waals surface area contributed by atoms with Crippen molar-refractivity contribution in [2.75, 3.05) is 17.2 Å². The van der Waals surface area contributed by atoms with Crippen molar-refractivity contribution in [1.29, 1.82) is 5.26 Å². The summed E-state index contributed by atoms with van der Waals surface area (Å²) in [6.45, 7) is 1.65. The highest BCUT2D eigenvalue weighted by Crippen LogP contribution is 2.21. The molecule has 33 heavy (non-hydrogen) atoms. The van der Waals surface area contributed by atoms with Crippen LogP contribution in [0.4, 0.5) is 11.4 Å². The molecule has 0 saturated carbocycles. The van der Waals surface area contributed by atoms with Crippen LogP contribution in [0.1, 0.15) is 11.1 Å². The van der Waals surface area contributed by atoms with E-state index in [0.29, 0.717) is 32.7 Å². The molecule has 0 aliphatic heterocycles. The van der Waals surface area contributed by atoms with Crippen molar-refractivity contribution >= 4 is 52.5 Å². The van der Waals surface area contributed by atoms with Crippen LogP contribution in [0.3, 0.4) is 0 Å². The van der Waals surface area contributed by atoms with Gasteiger partial charge >= 0.3 is 0 Å². The number of halogens is 2. The van der Waals surface area contributed by atoms with Crippen LogP contribution >= 0.6 is 23.2 Å². The SMILES string of the molecule is Cc1ccc(NC(=O)COc2cccc(/C=C(/C#N)C(=O)Nc3ccc(Cl)cc3)c2)cc1Cl. The van der Waals surface area contributed by atoms with Crippen LogP contribution in [0, 0.1) is 18.3 Å². The molecule has 3 aromatic carbocycles. The minimum atomic E-state index is -0.553. The maximum absolute atomic E-state index is 12.4. The summed E-state index contributed by atoms with van der Waals surface area (Å²) in [4.78, 5) is 24.6. The molecule has 0 fully saturated rings. The first-order chi connectivity index (χ1) is 15.8. The average Bonchev–Trinajstić information content (AvgIpc) is 2.80. The Kier molecular flexibility index (Phi) is 8.09. The molecule has 2 N–H and O–H groups in total. The Balaban J connectivity index is 1.62. The number of rotatable bonds is 7. The lowest BCUT2D eigenvalue weighted by Crippen LogP contribution is -2.20. The van der Waals surface area contributed by atoms with Crippen LogP contribution in [-0.2, 0) is 9.59 Å². The molecule has 0 aliphatic carbocycles. The number of aryl methyl sites for hydroxylation is 1. The molecule has 0 spiro atoms. The lowest BCUT2D eigenvalue weighted by molar-refractivity contribution is -0.118. The minimum absolute atomic E-state index is 0.0870. The van der Waals surface area contributed by atoms with Crippen LogP contribution in [0.15, 0.2) is 72.3 Å². The molecular weight excluding hydrogens is 461 g/mol. The van der Waals surface area contributed by atoms with Crippen molar-refractivity contribution in [3.05, 3.63) is 93.5 Å². The number of nitriles is 1. The number of benzene rings is 3. The predicted molar refractivity (Wildman–Crippen MR) is 130 cm³/mol. The molecule has 3 aromatic rings. The molecule has 0 aromatic heterocycles. The van der Waals surface area contributed by atoms with Crippen molar-refractivity contribution in [1.82, 2.24) is 0 Å². The lowest BCUT2D eigenvalue weighted by Gasteiger charge is -2.09. The predicted octanol–water partition coefficient (Wildman–Crippen LogP) is 5.87. The summed E-state index contributed by atoms with van der Waals surface area (Å²) in [5.74, 6) is -0.491. The largest absolute Gasteiger partial charge is 0.484 e. The van der Waals surface area contributed by atoms with Crippen LogP contribution in [0.5, 0.6) is 5.75 Å². The number of nitrogens with one attached hydrogen (secondary N) is 2. The molecule has 0 heterocycles. The van der Waals surface area contributed by atoms with Crippen molar-refractivity contribution < 1.29 is 14.3 Å². The Morgan fingerprint density at radius 1 is 1.00 bits per heavy atom. The average molecular weight is 480 g/mol. The summed E-state index contributed by atoms with van der Waals surface area (Å²) >= 11 is 11.9. The van der Waals surface area contributed by atoms with Crippen LogP contribution in [0.2, 0.25) is 10.0 Å². The van der Waals surface area contributed by atoms with Gasteiger partial charge in [-0.25, -0.2) is 0 Å². The zero-order chi connectivity index (χ0) is 23.8. The maximum atomic E-state index is 12.4. The number of amides is 2. The van der Waals surface area contributed by atoms with Crippen molar-refractivity contribution in [2.45, 2.75) is 6.92 Å². The second kappa shape index (κ2) is 11.2. The molecule has 2 amide bonds. The fraction of sp³-hybridized carbons (Fsp3) is 0.0800. The second-order valence-corrected chi connectivity index (χ2v) is 7.85. The van der Waals surface area contributed by atoms with Gasteiger partial charge in [0.15, 0.2) is 6.61 Å². The van der Waals surface area contributed by atoms with E-state index >= 15 is 0 Å². The third-order valence-electron chi connectivity index (χ3n) is 4.46. The third kappa shape index (κ3) is 7.11. The molecule has 0 unspecified atom stereocenters. The van der Waals surface area contributed by atoms with Crippen molar-refractivity contribution in [3.63, 3.8) is 0 Å². The van der Waals surface area contributed by atoms with E-state index in [0.717, 1.165) is 5.56 Å². The van der Waals surface area contributed by atoms with E-state index in [1.165, 1.54) is 6.08 Å². The summed E-state index contributed by atoms with van der Waals surface area (Å²) in [6.07, 6.45) is 1.44. The van der Waals surface area contributed by atoms with Gasteiger partial charge in [0.05, 0.1) is 0 Å². The van der Waals surface area contributed by atoms with E-state index in [-0.39, 0.29) is 18.1 Å². The topological polar surface area (TPSA) is 91.2 Å². The molecule has 0 atom stereocenters. The fourth-order valence-corrected chi connectivity index (χ4v) is 3.06. The lowest BCUT2D eigenvalue weighted by atomic mass is 10.1. The highest BCUT2D eigenvalue weighted by atomic mass is 35.5. The van der Waals surface area contributed by atoms with E-state index in [9.17, 15) is 14.9 Å². The van der Waals surface area contributed by atoms with Gasteiger partial charge in [0.2, 0.25) is 0 Å². The van der Waals surface area contributed by atoms with Gasteiger partial charge in [-0.15, -0.1) is 0 Å². The first kappa shape index (κ1) is 23.9. The monoisotopic (exact) mass is 479 g/mol. The highest BCUT2D eigenvalue weighted by molar-refractivity contribution is 6.31. The molecule has 0 radical (unpaired) electrons. The number of hydrogen-bond donors (Lipinski definition) is 2. The van der Waals surface area contributed by atoms with Gasteiger partial charge in [-0.1, -0.05) is 41.4 Å². The van der Waals surface area contributed by atoms with Gasteiger partial charge in [0.1, 0.15) is 17.4 Å². The first-order valence-electron chi connectivity index (χ1n) is 9.81. The summed E-state index contributed by atoms with van der Waals surface area (Å²) in [7, 11) is 0. The Morgan fingerprint density at radius 3 is 2.42 bits per heavy atom. The first-order valence-corrected chi connectivity index (χ1v) is 10.6. The summed E-state index contributed by atoms with van der Waals surface area (Å²) in [5, 5.41) is 15.9. The zero-order valence-electron chi connectivity index (χ0n) is 17.6. The molecule has 3 rings (SSSR count). The smallest absolute Gasteiger partial charge is 0.266 e. The Labute approximate surface area is 201 Å². The standard InChI is InChI=1S/C25H19Cl2N3O3/c1-16-5-8-21(13-23(16)27)29-24(31)15-33-22-4-2-3-17(12-22)11-18(14-28)25(32)30-20-9-6-19(26)7-10-20/h2-13H,15H2,1H3,(H,29,31)(H,30,32)/b18-11-. The van der Waals surface area contributed by atoms with Crippen LogP contribution < -0.4 is 15.4 Å². The molecule has 0 aliphatic rings. The van der Waals surface area contributed by atoms with E-state index in [4.69, 9.17) is 27.9 Å². The van der Waals surface area contributed by atoms with Gasteiger partial charge in [0, 0.05) is 21.4 Å². The quantitative estimate of drug-likeness (QED) is 0.327. The molecular formula is C25H19Cl2N3O3. The van der Waals surface area contributed by atoms with Crippen molar-refractivity contribution in [2.24, 2.45) is 0 Å². The van der Waals surface area contributed by atoms with E-state index in [2.05, 4.69) is 10.6 Å². The minimum Gasteiger partial charge on any atom is -0.484 e. The summed E-state index contributed by atoms with van der Waals surface area (Å²) in [6, 6.07) is 20.4. The number of nitrogens with zero attached hydrogens (tertiary/aromatic N) is 1. The molecule has 0 bridgehead atoms. The Bertz CT molecular complexity index is 1250. The zero-order valence-corrected chi connectivity index (χ0v) is 19.1. The maximum Gasteiger partial charge on any atom is 0.266 e. The van der Waals surface area contributed by atoms with Gasteiger partial charge in [-0.05, 0) is 72.7 Å². The van der Waals surface area contributed by atoms with Gasteiger partial charge in [-0.2, -0.15) is 5.26 Å². The normalized spacial score (nSPS) is 10.8. The summed E-state index contributed by atoms with van der Waals surface area (Å²) in [5.41, 5.74) is 2.48. The van der Waals surface area contributed by atoms with Crippen molar-refractivity contribution in [3.8, 4) is 11.8 Å². The Hall–Kier alpha value is -3.79. The van der Waals surface area contributed by atoms with Gasteiger partial charge in [-0.3, -0.25) is 9.59 Å². The fourth-order valence-electron chi connectivity index (χ4n) is 2.76. The number of ether oxygens (including phenoxy) is 1. The van der Waals surface area contributed by atoms with E-state index in [1.54, 1.807) is 60.7 Å². The Morgan fingerprint density at radius 2 is 1.73 bits per heavy atom. The molecule has 6 nitrogen and oxygen atoms in total. The second-order valence-electron chi connectivity index (χ2n) is 7.00. The molecule has 8 heteroatoms. The van der Waals surface area contributed by atoms with Crippen LogP contribution in [-0.4, -0.2) is 18.4 Å².